The second-order valence-corrected chi connectivity index (χ2v) is 8.18. The van der Waals surface area contributed by atoms with Crippen LogP contribution in [-0.4, -0.2) is 56.1 Å². The SMILES string of the molecule is O=C(O)CCC/C=C\CN1C(=O)CCC[C@@H]1/C=C/C(O)Sc1cccc(C(=O)O)c1. The number of piperidine rings is 1. The van der Waals surface area contributed by atoms with E-state index in [1.54, 1.807) is 23.1 Å². The molecule has 1 saturated heterocycles. The Morgan fingerprint density at radius 1 is 1.27 bits per heavy atom. The van der Waals surface area contributed by atoms with Gasteiger partial charge in [0.15, 0.2) is 0 Å². The van der Waals surface area contributed by atoms with Gasteiger partial charge in [-0.15, -0.1) is 0 Å². The smallest absolute Gasteiger partial charge is 0.335 e. The van der Waals surface area contributed by atoms with E-state index in [9.17, 15) is 19.5 Å². The van der Waals surface area contributed by atoms with Crippen LogP contribution in [0.15, 0.2) is 53.5 Å². The first-order valence-corrected chi connectivity index (χ1v) is 10.8. The summed E-state index contributed by atoms with van der Waals surface area (Å²) < 4.78 is 0. The number of carbonyl (C=O) groups is 3. The van der Waals surface area contributed by atoms with E-state index in [1.807, 2.05) is 18.2 Å². The van der Waals surface area contributed by atoms with E-state index in [-0.39, 0.29) is 23.9 Å². The summed E-state index contributed by atoms with van der Waals surface area (Å²) in [4.78, 5) is 36.3. The fourth-order valence-corrected chi connectivity index (χ4v) is 3.97. The Morgan fingerprint density at radius 2 is 2.07 bits per heavy atom. The number of nitrogens with zero attached hydrogens (tertiary/aromatic N) is 1. The number of aromatic carboxylic acids is 1. The third kappa shape index (κ3) is 8.04. The lowest BCUT2D eigenvalue weighted by molar-refractivity contribution is -0.137. The summed E-state index contributed by atoms with van der Waals surface area (Å²) >= 11 is 1.14. The van der Waals surface area contributed by atoms with Crippen LogP contribution in [0.3, 0.4) is 0 Å². The van der Waals surface area contributed by atoms with Crippen LogP contribution >= 0.6 is 11.8 Å². The number of likely N-dealkylation sites (tertiary alicyclic amines) is 1. The molecular formula is C22H27NO6S. The van der Waals surface area contributed by atoms with Gasteiger partial charge in [-0.3, -0.25) is 9.59 Å². The van der Waals surface area contributed by atoms with Crippen molar-refractivity contribution in [2.45, 2.75) is 54.9 Å². The first-order chi connectivity index (χ1) is 14.4. The molecule has 30 heavy (non-hydrogen) atoms. The molecule has 0 radical (unpaired) electrons. The van der Waals surface area contributed by atoms with E-state index in [0.717, 1.165) is 24.6 Å². The van der Waals surface area contributed by atoms with Crippen molar-refractivity contribution in [3.63, 3.8) is 0 Å². The third-order valence-electron chi connectivity index (χ3n) is 4.68. The second kappa shape index (κ2) is 12.2. The molecule has 1 aliphatic heterocycles. The Labute approximate surface area is 180 Å². The van der Waals surface area contributed by atoms with Crippen molar-refractivity contribution >= 4 is 29.6 Å². The Morgan fingerprint density at radius 3 is 2.80 bits per heavy atom. The minimum absolute atomic E-state index is 0.0578. The lowest BCUT2D eigenvalue weighted by Gasteiger charge is -2.33. The van der Waals surface area contributed by atoms with E-state index < -0.39 is 17.4 Å². The number of amides is 1. The Hall–Kier alpha value is -2.58. The highest BCUT2D eigenvalue weighted by Gasteiger charge is 2.25. The van der Waals surface area contributed by atoms with Crippen molar-refractivity contribution in [1.29, 1.82) is 0 Å². The maximum Gasteiger partial charge on any atom is 0.335 e. The van der Waals surface area contributed by atoms with Gasteiger partial charge >= 0.3 is 11.9 Å². The van der Waals surface area contributed by atoms with Gasteiger partial charge in [0.2, 0.25) is 5.91 Å². The van der Waals surface area contributed by atoms with E-state index in [1.165, 1.54) is 12.1 Å². The zero-order valence-electron chi connectivity index (χ0n) is 16.6. The van der Waals surface area contributed by atoms with E-state index in [4.69, 9.17) is 10.2 Å². The highest BCUT2D eigenvalue weighted by atomic mass is 32.2. The molecule has 1 unspecified atom stereocenters. The average molecular weight is 434 g/mol. The fraction of sp³-hybridized carbons (Fsp3) is 0.409. The molecule has 7 nitrogen and oxygen atoms in total. The summed E-state index contributed by atoms with van der Waals surface area (Å²) in [6.07, 6.45) is 10.7. The molecule has 1 aliphatic rings. The van der Waals surface area contributed by atoms with Crippen molar-refractivity contribution < 1.29 is 29.7 Å². The highest BCUT2D eigenvalue weighted by Crippen LogP contribution is 2.25. The quantitative estimate of drug-likeness (QED) is 0.212. The van der Waals surface area contributed by atoms with Gasteiger partial charge in [-0.25, -0.2) is 4.79 Å². The summed E-state index contributed by atoms with van der Waals surface area (Å²) in [7, 11) is 0. The minimum atomic E-state index is -1.02. The number of rotatable bonds is 11. The van der Waals surface area contributed by atoms with Crippen molar-refractivity contribution in [2.75, 3.05) is 6.54 Å². The van der Waals surface area contributed by atoms with Crippen molar-refractivity contribution in [1.82, 2.24) is 4.90 Å². The normalized spacial score (nSPS) is 18.2. The molecule has 1 amide bonds. The molecule has 2 rings (SSSR count). The van der Waals surface area contributed by atoms with Crippen LogP contribution in [0.1, 0.15) is 48.9 Å². The van der Waals surface area contributed by atoms with Crippen LogP contribution in [0.2, 0.25) is 0 Å². The third-order valence-corrected chi connectivity index (χ3v) is 5.60. The fourth-order valence-electron chi connectivity index (χ4n) is 3.17. The van der Waals surface area contributed by atoms with Crippen molar-refractivity contribution in [3.05, 3.63) is 54.1 Å². The standard InChI is InChI=1S/C22H27NO6S/c24-19-10-6-8-17(23(19)14-4-2-1-3-11-20(25)26)12-13-21(27)30-18-9-5-7-16(15-18)22(28)29/h2,4-5,7,9,12-13,15,17,21,27H,1,3,6,8,10-11,14H2,(H,25,26)(H,28,29)/b4-2-,13-12+/t17-,21?/m1/s1. The molecule has 1 aromatic rings. The predicted molar refractivity (Wildman–Crippen MR) is 114 cm³/mol. The second-order valence-electron chi connectivity index (χ2n) is 6.99. The number of aliphatic hydroxyl groups is 1. The molecule has 0 aromatic heterocycles. The number of carboxylic acids is 2. The van der Waals surface area contributed by atoms with Crippen LogP contribution in [0.25, 0.3) is 0 Å². The molecule has 8 heteroatoms. The minimum Gasteiger partial charge on any atom is -0.481 e. The van der Waals surface area contributed by atoms with Crippen molar-refractivity contribution in [2.24, 2.45) is 0 Å². The summed E-state index contributed by atoms with van der Waals surface area (Å²) in [6, 6.07) is 6.26. The number of benzene rings is 1. The lowest BCUT2D eigenvalue weighted by Crippen LogP contribution is -2.42. The summed E-state index contributed by atoms with van der Waals surface area (Å²) in [5, 5.41) is 28.0. The summed E-state index contributed by atoms with van der Waals surface area (Å²) in [6.45, 7) is 0.449. The number of hydrogen-bond acceptors (Lipinski definition) is 5. The first kappa shape index (κ1) is 23.7. The number of aliphatic carboxylic acids is 1. The van der Waals surface area contributed by atoms with Crippen LogP contribution in [0.4, 0.5) is 0 Å². The number of carboxylic acid groups (broad SMARTS) is 2. The number of thioether (sulfide) groups is 1. The summed E-state index contributed by atoms with van der Waals surface area (Å²) in [5.74, 6) is -1.77. The Kier molecular flexibility index (Phi) is 9.63. The van der Waals surface area contributed by atoms with Gasteiger partial charge in [0.1, 0.15) is 5.44 Å². The van der Waals surface area contributed by atoms with Crippen LogP contribution in [0.5, 0.6) is 0 Å². The van der Waals surface area contributed by atoms with E-state index in [0.29, 0.717) is 30.7 Å². The molecule has 0 spiro atoms. The maximum absolute atomic E-state index is 12.3. The largest absolute Gasteiger partial charge is 0.481 e. The Bertz CT molecular complexity index is 807. The Balaban J connectivity index is 1.91. The predicted octanol–water partition coefficient (Wildman–Crippen LogP) is 3.54. The molecule has 0 aliphatic carbocycles. The number of allylic oxidation sites excluding steroid dienone is 1. The van der Waals surface area contributed by atoms with E-state index >= 15 is 0 Å². The van der Waals surface area contributed by atoms with Gasteiger partial charge in [-0.2, -0.15) is 0 Å². The zero-order chi connectivity index (χ0) is 21.9. The number of aliphatic hydroxyl groups excluding tert-OH is 1. The molecule has 0 bridgehead atoms. The van der Waals surface area contributed by atoms with Crippen LogP contribution in [-0.2, 0) is 9.59 Å². The molecule has 2 atom stereocenters. The number of hydrogen-bond donors (Lipinski definition) is 3. The van der Waals surface area contributed by atoms with Crippen LogP contribution < -0.4 is 0 Å². The lowest BCUT2D eigenvalue weighted by atomic mass is 10.0. The van der Waals surface area contributed by atoms with Gasteiger partial charge in [0.05, 0.1) is 11.6 Å². The summed E-state index contributed by atoms with van der Waals surface area (Å²) in [5.41, 5.74) is -0.699. The molecule has 162 valence electrons. The average Bonchev–Trinajstić information content (AvgIpc) is 2.70. The monoisotopic (exact) mass is 433 g/mol. The maximum atomic E-state index is 12.3. The molecule has 1 fully saturated rings. The number of carbonyl (C=O) groups excluding carboxylic acids is 1. The van der Waals surface area contributed by atoms with Gasteiger partial charge in [-0.05, 0) is 50.0 Å². The van der Waals surface area contributed by atoms with Crippen molar-refractivity contribution in [3.8, 4) is 0 Å². The molecule has 0 saturated carbocycles. The van der Waals surface area contributed by atoms with Gasteiger partial charge in [-0.1, -0.05) is 36.1 Å². The van der Waals surface area contributed by atoms with E-state index in [2.05, 4.69) is 0 Å². The number of unbranched alkanes of at least 4 members (excludes halogenated alkanes) is 1. The van der Waals surface area contributed by atoms with Gasteiger partial charge in [0.25, 0.3) is 0 Å². The molecule has 1 heterocycles. The first-order valence-electron chi connectivity index (χ1n) is 9.89. The molecular weight excluding hydrogens is 406 g/mol. The highest BCUT2D eigenvalue weighted by molar-refractivity contribution is 7.99. The van der Waals surface area contributed by atoms with Crippen LogP contribution in [0, 0.1) is 0 Å². The van der Waals surface area contributed by atoms with Gasteiger partial charge < -0.3 is 20.2 Å². The molecule has 1 aromatic carbocycles. The van der Waals surface area contributed by atoms with Gasteiger partial charge in [0, 0.05) is 24.3 Å². The zero-order valence-corrected chi connectivity index (χ0v) is 17.5. The molecule has 3 N–H and O–H groups in total. The topological polar surface area (TPSA) is 115 Å².